The Morgan fingerprint density at radius 1 is 1.54 bits per heavy atom. The van der Waals surface area contributed by atoms with Crippen LogP contribution in [0.1, 0.15) is 32.4 Å². The quantitative estimate of drug-likeness (QED) is 0.713. The van der Waals surface area contributed by atoms with Crippen LogP contribution < -0.4 is 0 Å². The normalized spacial score (nSPS) is 12.5. The first kappa shape index (κ1) is 10.2. The highest BCUT2D eigenvalue weighted by molar-refractivity contribution is 5.03. The average molecular weight is 188 g/mol. The zero-order valence-corrected chi connectivity index (χ0v) is 8.09. The van der Waals surface area contributed by atoms with Crippen LogP contribution in [0.5, 0.6) is 0 Å². The van der Waals surface area contributed by atoms with Crippen LogP contribution in [0.4, 0.5) is 8.78 Å². The van der Waals surface area contributed by atoms with Gasteiger partial charge in [-0.2, -0.15) is 5.10 Å². The standard InChI is InChI=1S/C9H14F2N2/c1-7(2)8-4-5-13(12-8)6-9(3,10)11/h4-5,7H,6H2,1-3H3. The molecule has 4 heteroatoms. The fourth-order valence-electron chi connectivity index (χ4n) is 1.06. The van der Waals surface area contributed by atoms with Crippen molar-refractivity contribution in [3.63, 3.8) is 0 Å². The Kier molecular flexibility index (Phi) is 2.68. The Balaban J connectivity index is 2.70. The van der Waals surface area contributed by atoms with Crippen molar-refractivity contribution < 1.29 is 8.78 Å². The van der Waals surface area contributed by atoms with Crippen molar-refractivity contribution in [3.05, 3.63) is 18.0 Å². The number of alkyl halides is 2. The van der Waals surface area contributed by atoms with Crippen LogP contribution in [0, 0.1) is 0 Å². The van der Waals surface area contributed by atoms with Crippen LogP contribution in [0.15, 0.2) is 12.3 Å². The minimum Gasteiger partial charge on any atom is -0.266 e. The molecule has 2 nitrogen and oxygen atoms in total. The van der Waals surface area contributed by atoms with E-state index in [0.29, 0.717) is 0 Å². The molecular formula is C9H14F2N2. The molecule has 74 valence electrons. The molecule has 1 heterocycles. The summed E-state index contributed by atoms with van der Waals surface area (Å²) in [5.41, 5.74) is 0.851. The molecule has 0 aliphatic carbocycles. The van der Waals surface area contributed by atoms with Gasteiger partial charge in [-0.15, -0.1) is 0 Å². The highest BCUT2D eigenvalue weighted by atomic mass is 19.3. The second-order valence-electron chi connectivity index (χ2n) is 3.66. The van der Waals surface area contributed by atoms with Crippen LogP contribution in [0.3, 0.4) is 0 Å². The van der Waals surface area contributed by atoms with E-state index in [1.165, 1.54) is 4.68 Å². The third-order valence-electron chi connectivity index (χ3n) is 1.69. The largest absolute Gasteiger partial charge is 0.266 e. The smallest absolute Gasteiger partial charge is 0.264 e. The van der Waals surface area contributed by atoms with E-state index in [0.717, 1.165) is 12.6 Å². The Bertz CT molecular complexity index is 273. The zero-order chi connectivity index (χ0) is 10.1. The topological polar surface area (TPSA) is 17.8 Å². The molecule has 0 N–H and O–H groups in total. The van der Waals surface area contributed by atoms with Gasteiger partial charge in [0.1, 0.15) is 6.54 Å². The number of aromatic nitrogens is 2. The van der Waals surface area contributed by atoms with E-state index >= 15 is 0 Å². The summed E-state index contributed by atoms with van der Waals surface area (Å²) in [7, 11) is 0. The second kappa shape index (κ2) is 3.44. The lowest BCUT2D eigenvalue weighted by atomic mass is 10.1. The molecule has 1 rings (SSSR count). The Hall–Kier alpha value is -0.930. The third-order valence-corrected chi connectivity index (χ3v) is 1.69. The predicted molar refractivity (Wildman–Crippen MR) is 46.9 cm³/mol. The highest BCUT2D eigenvalue weighted by Crippen LogP contribution is 2.16. The van der Waals surface area contributed by atoms with Crippen molar-refractivity contribution in [3.8, 4) is 0 Å². The first-order chi connectivity index (χ1) is 5.88. The molecule has 0 amide bonds. The molecule has 0 aromatic carbocycles. The number of rotatable bonds is 3. The fourth-order valence-corrected chi connectivity index (χ4v) is 1.06. The van der Waals surface area contributed by atoms with Gasteiger partial charge in [0.05, 0.1) is 5.69 Å². The van der Waals surface area contributed by atoms with Crippen molar-refractivity contribution in [2.45, 2.75) is 39.2 Å². The molecule has 0 aliphatic rings. The van der Waals surface area contributed by atoms with Gasteiger partial charge in [0.25, 0.3) is 5.92 Å². The lowest BCUT2D eigenvalue weighted by Gasteiger charge is -2.09. The first-order valence-electron chi connectivity index (χ1n) is 4.29. The van der Waals surface area contributed by atoms with Gasteiger partial charge in [-0.1, -0.05) is 13.8 Å². The number of hydrogen-bond donors (Lipinski definition) is 0. The van der Waals surface area contributed by atoms with Crippen molar-refractivity contribution in [1.82, 2.24) is 9.78 Å². The Morgan fingerprint density at radius 2 is 2.15 bits per heavy atom. The molecule has 1 aromatic rings. The van der Waals surface area contributed by atoms with Gasteiger partial charge in [0.15, 0.2) is 0 Å². The van der Waals surface area contributed by atoms with Crippen molar-refractivity contribution in [2.24, 2.45) is 0 Å². The lowest BCUT2D eigenvalue weighted by molar-refractivity contribution is 0.000478. The van der Waals surface area contributed by atoms with Gasteiger partial charge in [-0.05, 0) is 12.0 Å². The second-order valence-corrected chi connectivity index (χ2v) is 3.66. The van der Waals surface area contributed by atoms with Gasteiger partial charge in [-0.3, -0.25) is 4.68 Å². The lowest BCUT2D eigenvalue weighted by Crippen LogP contribution is -2.19. The summed E-state index contributed by atoms with van der Waals surface area (Å²) in [6.45, 7) is 4.51. The van der Waals surface area contributed by atoms with Gasteiger partial charge >= 0.3 is 0 Å². The van der Waals surface area contributed by atoms with Gasteiger partial charge < -0.3 is 0 Å². The molecule has 0 saturated heterocycles. The van der Waals surface area contributed by atoms with Crippen LogP contribution in [-0.4, -0.2) is 15.7 Å². The van der Waals surface area contributed by atoms with Crippen LogP contribution in [0.2, 0.25) is 0 Å². The monoisotopic (exact) mass is 188 g/mol. The maximum absolute atomic E-state index is 12.6. The van der Waals surface area contributed by atoms with E-state index in [2.05, 4.69) is 5.10 Å². The minimum atomic E-state index is -2.69. The highest BCUT2D eigenvalue weighted by Gasteiger charge is 2.22. The van der Waals surface area contributed by atoms with Crippen molar-refractivity contribution >= 4 is 0 Å². The minimum absolute atomic E-state index is 0.284. The molecule has 0 aliphatic heterocycles. The van der Waals surface area contributed by atoms with E-state index in [4.69, 9.17) is 0 Å². The molecule has 0 fully saturated rings. The summed E-state index contributed by atoms with van der Waals surface area (Å²) < 4.78 is 26.4. The summed E-state index contributed by atoms with van der Waals surface area (Å²) in [5.74, 6) is -2.41. The SMILES string of the molecule is CC(C)c1ccn(CC(C)(F)F)n1. The zero-order valence-electron chi connectivity index (χ0n) is 8.09. The molecule has 0 spiro atoms. The van der Waals surface area contributed by atoms with Gasteiger partial charge in [0.2, 0.25) is 0 Å². The summed E-state index contributed by atoms with van der Waals surface area (Å²) in [6.07, 6.45) is 1.59. The van der Waals surface area contributed by atoms with Crippen molar-refractivity contribution in [1.29, 1.82) is 0 Å². The Labute approximate surface area is 76.6 Å². The molecule has 0 radical (unpaired) electrons. The molecule has 0 bridgehead atoms. The van der Waals surface area contributed by atoms with E-state index < -0.39 is 5.92 Å². The maximum atomic E-state index is 12.6. The number of nitrogens with zero attached hydrogens (tertiary/aromatic N) is 2. The van der Waals surface area contributed by atoms with E-state index in [1.807, 2.05) is 13.8 Å². The van der Waals surface area contributed by atoms with E-state index in [-0.39, 0.29) is 12.5 Å². The first-order valence-corrected chi connectivity index (χ1v) is 4.29. The summed E-state index contributed by atoms with van der Waals surface area (Å²) in [6, 6.07) is 1.77. The maximum Gasteiger partial charge on any atom is 0.264 e. The number of hydrogen-bond acceptors (Lipinski definition) is 1. The van der Waals surface area contributed by atoms with Gasteiger partial charge in [0, 0.05) is 13.1 Å². The molecule has 0 saturated carbocycles. The molecule has 0 atom stereocenters. The molecule has 0 unspecified atom stereocenters. The van der Waals surface area contributed by atoms with Crippen LogP contribution in [-0.2, 0) is 6.54 Å². The fraction of sp³-hybridized carbons (Fsp3) is 0.667. The van der Waals surface area contributed by atoms with Crippen molar-refractivity contribution in [2.75, 3.05) is 0 Å². The molecule has 13 heavy (non-hydrogen) atoms. The molecular weight excluding hydrogens is 174 g/mol. The van der Waals surface area contributed by atoms with Gasteiger partial charge in [-0.25, -0.2) is 8.78 Å². The van der Waals surface area contributed by atoms with E-state index in [9.17, 15) is 8.78 Å². The average Bonchev–Trinajstić information content (AvgIpc) is 2.31. The predicted octanol–water partition coefficient (Wildman–Crippen LogP) is 2.66. The summed E-state index contributed by atoms with van der Waals surface area (Å²) >= 11 is 0. The third kappa shape index (κ3) is 3.13. The van der Waals surface area contributed by atoms with E-state index in [1.54, 1.807) is 12.3 Å². The summed E-state index contributed by atoms with van der Waals surface area (Å²) in [5, 5.41) is 4.03. The van der Waals surface area contributed by atoms with Crippen LogP contribution >= 0.6 is 0 Å². The Morgan fingerprint density at radius 3 is 2.54 bits per heavy atom. The van der Waals surface area contributed by atoms with Crippen LogP contribution in [0.25, 0.3) is 0 Å². The molecule has 1 aromatic heterocycles. The number of halogens is 2. The summed E-state index contributed by atoms with van der Waals surface area (Å²) in [4.78, 5) is 0.